The Morgan fingerprint density at radius 2 is 1.93 bits per heavy atom. The molecule has 1 aliphatic heterocycles. The standard InChI is InChI=1S/C24H32N2O/c1-19-8-6-11-22(16-19)17-26-15-7-12-23(18-26)24(27)25-20(2)13-14-21-9-4-3-5-10-21/h3-6,8-11,16,20,23H,7,12-15,17-18H2,1-2H3,(H,25,27). The van der Waals surface area contributed by atoms with Gasteiger partial charge in [-0.25, -0.2) is 0 Å². The highest BCUT2D eigenvalue weighted by Gasteiger charge is 2.26. The number of nitrogens with one attached hydrogen (secondary N) is 1. The number of carbonyl (C=O) groups excluding carboxylic acids is 1. The van der Waals surface area contributed by atoms with Crippen LogP contribution in [0.15, 0.2) is 54.6 Å². The maximum atomic E-state index is 12.7. The van der Waals surface area contributed by atoms with Crippen LogP contribution in [0, 0.1) is 12.8 Å². The van der Waals surface area contributed by atoms with E-state index in [0.717, 1.165) is 45.3 Å². The molecule has 2 aromatic carbocycles. The van der Waals surface area contributed by atoms with Crippen LogP contribution < -0.4 is 5.32 Å². The highest BCUT2D eigenvalue weighted by molar-refractivity contribution is 5.79. The highest BCUT2D eigenvalue weighted by atomic mass is 16.2. The lowest BCUT2D eigenvalue weighted by Gasteiger charge is -2.32. The molecule has 0 aliphatic carbocycles. The molecule has 144 valence electrons. The normalized spacial score (nSPS) is 18.8. The van der Waals surface area contributed by atoms with Gasteiger partial charge in [0, 0.05) is 19.1 Å². The number of hydrogen-bond acceptors (Lipinski definition) is 2. The average molecular weight is 365 g/mol. The van der Waals surface area contributed by atoms with E-state index in [0.29, 0.717) is 0 Å². The Balaban J connectivity index is 1.46. The van der Waals surface area contributed by atoms with Crippen LogP contribution in [0.3, 0.4) is 0 Å². The maximum Gasteiger partial charge on any atom is 0.224 e. The Morgan fingerprint density at radius 3 is 2.70 bits per heavy atom. The van der Waals surface area contributed by atoms with Gasteiger partial charge in [-0.2, -0.15) is 0 Å². The number of hydrogen-bond donors (Lipinski definition) is 1. The third-order valence-electron chi connectivity index (χ3n) is 5.46. The smallest absolute Gasteiger partial charge is 0.224 e. The molecule has 0 radical (unpaired) electrons. The molecular formula is C24H32N2O. The zero-order valence-electron chi connectivity index (χ0n) is 16.7. The lowest BCUT2D eigenvalue weighted by atomic mass is 9.96. The number of piperidine rings is 1. The van der Waals surface area contributed by atoms with E-state index in [9.17, 15) is 4.79 Å². The van der Waals surface area contributed by atoms with Gasteiger partial charge in [0.15, 0.2) is 0 Å². The Morgan fingerprint density at radius 1 is 1.15 bits per heavy atom. The molecular weight excluding hydrogens is 332 g/mol. The van der Waals surface area contributed by atoms with E-state index in [1.165, 1.54) is 16.7 Å². The van der Waals surface area contributed by atoms with Gasteiger partial charge in [-0.05, 0) is 57.2 Å². The SMILES string of the molecule is Cc1cccc(CN2CCCC(C(=O)NC(C)CCc3ccccc3)C2)c1. The van der Waals surface area contributed by atoms with Gasteiger partial charge in [0.2, 0.25) is 5.91 Å². The molecule has 2 unspecified atom stereocenters. The molecule has 1 amide bonds. The molecule has 1 heterocycles. The van der Waals surface area contributed by atoms with E-state index in [4.69, 9.17) is 0 Å². The first kappa shape index (κ1) is 19.6. The van der Waals surface area contributed by atoms with Crippen LogP contribution in [-0.4, -0.2) is 29.9 Å². The van der Waals surface area contributed by atoms with Crippen molar-refractivity contribution in [3.8, 4) is 0 Å². The van der Waals surface area contributed by atoms with Crippen molar-refractivity contribution < 1.29 is 4.79 Å². The summed E-state index contributed by atoms with van der Waals surface area (Å²) in [4.78, 5) is 15.2. The summed E-state index contributed by atoms with van der Waals surface area (Å²) in [6.07, 6.45) is 4.09. The molecule has 3 nitrogen and oxygen atoms in total. The van der Waals surface area contributed by atoms with Crippen molar-refractivity contribution in [2.75, 3.05) is 13.1 Å². The molecule has 3 heteroatoms. The van der Waals surface area contributed by atoms with Crippen LogP contribution in [0.25, 0.3) is 0 Å². The van der Waals surface area contributed by atoms with Crippen molar-refractivity contribution in [2.24, 2.45) is 5.92 Å². The topological polar surface area (TPSA) is 32.3 Å². The van der Waals surface area contributed by atoms with Gasteiger partial charge < -0.3 is 5.32 Å². The van der Waals surface area contributed by atoms with Gasteiger partial charge in [-0.15, -0.1) is 0 Å². The lowest BCUT2D eigenvalue weighted by molar-refractivity contribution is -0.127. The first-order valence-electron chi connectivity index (χ1n) is 10.2. The number of aryl methyl sites for hydroxylation is 2. The van der Waals surface area contributed by atoms with Gasteiger partial charge in [-0.1, -0.05) is 60.2 Å². The minimum absolute atomic E-state index is 0.114. The number of nitrogens with zero attached hydrogens (tertiary/aromatic N) is 1. The molecule has 1 aliphatic rings. The van der Waals surface area contributed by atoms with Crippen LogP contribution in [-0.2, 0) is 17.8 Å². The van der Waals surface area contributed by atoms with E-state index < -0.39 is 0 Å². The van der Waals surface area contributed by atoms with Crippen LogP contribution in [0.2, 0.25) is 0 Å². The van der Waals surface area contributed by atoms with Crippen molar-refractivity contribution in [3.63, 3.8) is 0 Å². The largest absolute Gasteiger partial charge is 0.353 e. The molecule has 3 rings (SSSR count). The quantitative estimate of drug-likeness (QED) is 0.792. The summed E-state index contributed by atoms with van der Waals surface area (Å²) in [6.45, 7) is 7.14. The minimum Gasteiger partial charge on any atom is -0.353 e. The second kappa shape index (κ2) is 9.70. The van der Waals surface area contributed by atoms with E-state index in [-0.39, 0.29) is 17.9 Å². The van der Waals surface area contributed by atoms with Crippen LogP contribution in [0.1, 0.15) is 42.9 Å². The summed E-state index contributed by atoms with van der Waals surface area (Å²) in [5, 5.41) is 3.25. The second-order valence-corrected chi connectivity index (χ2v) is 8.00. The maximum absolute atomic E-state index is 12.7. The fourth-order valence-corrected chi connectivity index (χ4v) is 3.94. The molecule has 1 N–H and O–H groups in total. The number of carbonyl (C=O) groups is 1. The first-order chi connectivity index (χ1) is 13.1. The van der Waals surface area contributed by atoms with Crippen LogP contribution in [0.4, 0.5) is 0 Å². The van der Waals surface area contributed by atoms with Gasteiger partial charge >= 0.3 is 0 Å². The monoisotopic (exact) mass is 364 g/mol. The van der Waals surface area contributed by atoms with Gasteiger partial charge in [0.1, 0.15) is 0 Å². The molecule has 0 saturated carbocycles. The van der Waals surface area contributed by atoms with Crippen molar-refractivity contribution in [2.45, 2.75) is 52.1 Å². The predicted molar refractivity (Wildman–Crippen MR) is 112 cm³/mol. The molecule has 0 bridgehead atoms. The minimum atomic E-state index is 0.114. The van der Waals surface area contributed by atoms with E-state index in [1.807, 2.05) is 6.07 Å². The fourth-order valence-electron chi connectivity index (χ4n) is 3.94. The van der Waals surface area contributed by atoms with E-state index in [2.05, 4.69) is 72.6 Å². The molecule has 2 atom stereocenters. The summed E-state index contributed by atoms with van der Waals surface area (Å²) in [7, 11) is 0. The lowest BCUT2D eigenvalue weighted by Crippen LogP contribution is -2.45. The molecule has 2 aromatic rings. The second-order valence-electron chi connectivity index (χ2n) is 8.00. The zero-order valence-corrected chi connectivity index (χ0v) is 16.7. The molecule has 1 saturated heterocycles. The van der Waals surface area contributed by atoms with Crippen molar-refractivity contribution in [1.82, 2.24) is 10.2 Å². The zero-order chi connectivity index (χ0) is 19.1. The van der Waals surface area contributed by atoms with Crippen molar-refractivity contribution >= 4 is 5.91 Å². The molecule has 0 spiro atoms. The van der Waals surface area contributed by atoms with Crippen LogP contribution >= 0.6 is 0 Å². The fraction of sp³-hybridized carbons (Fsp3) is 0.458. The molecule has 27 heavy (non-hydrogen) atoms. The number of benzene rings is 2. The van der Waals surface area contributed by atoms with Gasteiger partial charge in [-0.3, -0.25) is 9.69 Å². The summed E-state index contributed by atoms with van der Waals surface area (Å²) in [5.41, 5.74) is 3.97. The van der Waals surface area contributed by atoms with Crippen LogP contribution in [0.5, 0.6) is 0 Å². The molecule has 1 fully saturated rings. The third kappa shape index (κ3) is 6.21. The number of rotatable bonds is 7. The van der Waals surface area contributed by atoms with Gasteiger partial charge in [0.25, 0.3) is 0 Å². The Hall–Kier alpha value is -2.13. The summed E-state index contributed by atoms with van der Waals surface area (Å²) < 4.78 is 0. The van der Waals surface area contributed by atoms with Gasteiger partial charge in [0.05, 0.1) is 5.92 Å². The highest BCUT2D eigenvalue weighted by Crippen LogP contribution is 2.19. The number of amides is 1. The van der Waals surface area contributed by atoms with Crippen molar-refractivity contribution in [1.29, 1.82) is 0 Å². The number of likely N-dealkylation sites (tertiary alicyclic amines) is 1. The first-order valence-corrected chi connectivity index (χ1v) is 10.2. The Labute approximate surface area is 163 Å². The van der Waals surface area contributed by atoms with E-state index >= 15 is 0 Å². The Bertz CT molecular complexity index is 728. The predicted octanol–water partition coefficient (Wildman–Crippen LogP) is 4.34. The summed E-state index contributed by atoms with van der Waals surface area (Å²) in [6, 6.07) is 19.4. The molecule has 0 aromatic heterocycles. The average Bonchev–Trinajstić information content (AvgIpc) is 2.67. The van der Waals surface area contributed by atoms with Crippen molar-refractivity contribution in [3.05, 3.63) is 71.3 Å². The third-order valence-corrected chi connectivity index (χ3v) is 5.46. The summed E-state index contributed by atoms with van der Waals surface area (Å²) in [5.74, 6) is 0.340. The van der Waals surface area contributed by atoms with E-state index in [1.54, 1.807) is 0 Å². The Kier molecular flexibility index (Phi) is 7.05. The summed E-state index contributed by atoms with van der Waals surface area (Å²) >= 11 is 0.